The van der Waals surface area contributed by atoms with Crippen LogP contribution in [0.15, 0.2) is 52.9 Å². The molecule has 32 heavy (non-hydrogen) atoms. The number of hydrogen-bond acceptors (Lipinski definition) is 6. The van der Waals surface area contributed by atoms with E-state index in [4.69, 9.17) is 18.6 Å². The number of rotatable bonds is 9. The van der Waals surface area contributed by atoms with Crippen LogP contribution in [0, 0.1) is 13.8 Å². The van der Waals surface area contributed by atoms with Gasteiger partial charge in [-0.3, -0.25) is 4.79 Å². The molecule has 0 aliphatic heterocycles. The van der Waals surface area contributed by atoms with Crippen LogP contribution in [0.5, 0.6) is 5.75 Å². The predicted octanol–water partition coefficient (Wildman–Crippen LogP) is 4.46. The first-order chi connectivity index (χ1) is 15.5. The van der Waals surface area contributed by atoms with Crippen LogP contribution in [0.4, 0.5) is 0 Å². The van der Waals surface area contributed by atoms with Gasteiger partial charge in [0, 0.05) is 41.4 Å². The van der Waals surface area contributed by atoms with Crippen LogP contribution in [0.25, 0.3) is 21.9 Å². The predicted molar refractivity (Wildman–Crippen MR) is 120 cm³/mol. The van der Waals surface area contributed by atoms with Crippen molar-refractivity contribution < 1.29 is 28.2 Å². The van der Waals surface area contributed by atoms with Gasteiger partial charge in [0.2, 0.25) is 5.78 Å². The van der Waals surface area contributed by atoms with Crippen LogP contribution in [-0.4, -0.2) is 43.3 Å². The summed E-state index contributed by atoms with van der Waals surface area (Å²) in [7, 11) is 1.64. The van der Waals surface area contributed by atoms with Crippen molar-refractivity contribution in [3.63, 3.8) is 0 Å². The molecule has 0 unspecified atom stereocenters. The molecule has 166 valence electrons. The number of esters is 1. The summed E-state index contributed by atoms with van der Waals surface area (Å²) < 4.78 is 23.6. The normalized spacial score (nSPS) is 11.2. The molecule has 7 nitrogen and oxygen atoms in total. The minimum Gasteiger partial charge on any atom is -0.482 e. The number of furan rings is 1. The summed E-state index contributed by atoms with van der Waals surface area (Å²) in [5, 5.41) is 1.88. The van der Waals surface area contributed by atoms with Crippen LogP contribution < -0.4 is 4.74 Å². The molecule has 2 aromatic heterocycles. The van der Waals surface area contributed by atoms with Gasteiger partial charge in [0.1, 0.15) is 16.9 Å². The van der Waals surface area contributed by atoms with E-state index in [1.54, 1.807) is 19.2 Å². The number of nitrogens with zero attached hydrogens (tertiary/aromatic N) is 1. The molecular formula is C25H25NO6. The number of carbonyl (C=O) groups excluding carboxylic acids is 2. The largest absolute Gasteiger partial charge is 0.482 e. The summed E-state index contributed by atoms with van der Waals surface area (Å²) in [5.74, 6) is -0.334. The lowest BCUT2D eigenvalue weighted by Gasteiger charge is -2.09. The summed E-state index contributed by atoms with van der Waals surface area (Å²) in [4.78, 5) is 24.7. The van der Waals surface area contributed by atoms with Crippen molar-refractivity contribution in [1.82, 2.24) is 4.57 Å². The summed E-state index contributed by atoms with van der Waals surface area (Å²) in [6.07, 6.45) is 0. The van der Waals surface area contributed by atoms with Gasteiger partial charge in [-0.05, 0) is 44.2 Å². The molecule has 0 aliphatic rings. The Morgan fingerprint density at radius 3 is 2.56 bits per heavy atom. The second-order valence-electron chi connectivity index (χ2n) is 7.56. The number of benzene rings is 2. The van der Waals surface area contributed by atoms with Crippen molar-refractivity contribution >= 4 is 33.7 Å². The van der Waals surface area contributed by atoms with E-state index < -0.39 is 5.97 Å². The molecule has 0 saturated heterocycles. The highest BCUT2D eigenvalue weighted by Crippen LogP contribution is 2.31. The van der Waals surface area contributed by atoms with Crippen LogP contribution in [0.2, 0.25) is 0 Å². The number of ether oxygens (including phenoxy) is 3. The van der Waals surface area contributed by atoms with Crippen LogP contribution in [0.3, 0.4) is 0 Å². The van der Waals surface area contributed by atoms with Gasteiger partial charge in [-0.2, -0.15) is 0 Å². The first-order valence-electron chi connectivity index (χ1n) is 10.4. The second kappa shape index (κ2) is 9.28. The molecule has 0 aliphatic carbocycles. The summed E-state index contributed by atoms with van der Waals surface area (Å²) in [6.45, 7) is 4.39. The van der Waals surface area contributed by atoms with Crippen LogP contribution in [-0.2, 0) is 20.8 Å². The third kappa shape index (κ3) is 4.38. The zero-order valence-corrected chi connectivity index (χ0v) is 18.3. The maximum absolute atomic E-state index is 12.6. The van der Waals surface area contributed by atoms with Crippen molar-refractivity contribution in [2.45, 2.75) is 20.4 Å². The monoisotopic (exact) mass is 435 g/mol. The maximum atomic E-state index is 12.6. The molecule has 4 aromatic rings. The van der Waals surface area contributed by atoms with Gasteiger partial charge in [-0.1, -0.05) is 18.2 Å². The molecule has 2 heterocycles. The first kappa shape index (κ1) is 21.6. The lowest BCUT2D eigenvalue weighted by Crippen LogP contribution is -2.20. The van der Waals surface area contributed by atoms with E-state index in [-0.39, 0.29) is 19.0 Å². The van der Waals surface area contributed by atoms with E-state index in [1.807, 2.05) is 54.8 Å². The number of hydrogen-bond donors (Lipinski definition) is 0. The van der Waals surface area contributed by atoms with Crippen molar-refractivity contribution in [3.8, 4) is 5.75 Å². The lowest BCUT2D eigenvalue weighted by atomic mass is 10.1. The van der Waals surface area contributed by atoms with E-state index in [9.17, 15) is 9.59 Å². The molecule has 0 radical (unpaired) electrons. The minimum atomic E-state index is -0.608. The SMILES string of the molecule is COCCn1c(C)cc(C(=O)COC(=O)COc2ccc3oc4ccccc4c3c2)c1C. The number of Topliss-reactive ketones (excluding diaryl/α,β-unsaturated/α-hetero) is 1. The van der Waals surface area contributed by atoms with Gasteiger partial charge in [-0.25, -0.2) is 4.79 Å². The van der Waals surface area contributed by atoms with Gasteiger partial charge < -0.3 is 23.2 Å². The molecule has 0 fully saturated rings. The molecular weight excluding hydrogens is 410 g/mol. The first-order valence-corrected chi connectivity index (χ1v) is 10.4. The molecule has 0 saturated carbocycles. The number of aromatic nitrogens is 1. The third-order valence-electron chi connectivity index (χ3n) is 5.46. The van der Waals surface area contributed by atoms with Crippen molar-refractivity contribution in [2.75, 3.05) is 26.9 Å². The minimum absolute atomic E-state index is 0.249. The van der Waals surface area contributed by atoms with E-state index in [2.05, 4.69) is 0 Å². The van der Waals surface area contributed by atoms with Gasteiger partial charge in [-0.15, -0.1) is 0 Å². The van der Waals surface area contributed by atoms with Gasteiger partial charge in [0.25, 0.3) is 0 Å². The number of carbonyl (C=O) groups is 2. The zero-order chi connectivity index (χ0) is 22.7. The lowest BCUT2D eigenvalue weighted by molar-refractivity contribution is -0.144. The Morgan fingerprint density at radius 2 is 1.75 bits per heavy atom. The fourth-order valence-electron chi connectivity index (χ4n) is 3.81. The summed E-state index contributed by atoms with van der Waals surface area (Å²) in [6, 6.07) is 14.9. The molecule has 0 spiro atoms. The molecule has 7 heteroatoms. The standard InChI is InChI=1S/C25H25NO6/c1-16-12-20(17(2)26(16)10-11-29-3)22(27)14-31-25(28)15-30-18-8-9-24-21(13-18)19-6-4-5-7-23(19)32-24/h4-9,12-13H,10-11,14-15H2,1-3H3. The molecule has 4 rings (SSSR count). The third-order valence-corrected chi connectivity index (χ3v) is 5.46. The summed E-state index contributed by atoms with van der Waals surface area (Å²) >= 11 is 0. The molecule has 0 amide bonds. The average Bonchev–Trinajstić information content (AvgIpc) is 3.31. The van der Waals surface area contributed by atoms with Crippen molar-refractivity contribution in [2.24, 2.45) is 0 Å². The number of fused-ring (bicyclic) bond motifs is 3. The number of methoxy groups -OCH3 is 1. The Hall–Kier alpha value is -3.58. The fraction of sp³-hybridized carbons (Fsp3) is 0.280. The highest BCUT2D eigenvalue weighted by Gasteiger charge is 2.17. The smallest absolute Gasteiger partial charge is 0.344 e. The van der Waals surface area contributed by atoms with Gasteiger partial charge in [0.15, 0.2) is 13.2 Å². The van der Waals surface area contributed by atoms with E-state index >= 15 is 0 Å². The van der Waals surface area contributed by atoms with Crippen molar-refractivity contribution in [1.29, 1.82) is 0 Å². The van der Waals surface area contributed by atoms with Crippen LogP contribution >= 0.6 is 0 Å². The van der Waals surface area contributed by atoms with E-state index in [0.717, 1.165) is 33.3 Å². The topological polar surface area (TPSA) is 79.9 Å². The Labute approximate surface area is 185 Å². The van der Waals surface area contributed by atoms with Gasteiger partial charge in [0.05, 0.1) is 6.61 Å². The maximum Gasteiger partial charge on any atom is 0.344 e. The van der Waals surface area contributed by atoms with E-state index in [1.165, 1.54) is 0 Å². The van der Waals surface area contributed by atoms with Gasteiger partial charge >= 0.3 is 5.97 Å². The Morgan fingerprint density at radius 1 is 0.969 bits per heavy atom. The Balaban J connectivity index is 1.34. The molecule has 0 N–H and O–H groups in total. The highest BCUT2D eigenvalue weighted by atomic mass is 16.6. The average molecular weight is 435 g/mol. The molecule has 0 atom stereocenters. The summed E-state index contributed by atoms with van der Waals surface area (Å²) in [5.41, 5.74) is 3.87. The second-order valence-corrected chi connectivity index (χ2v) is 7.56. The fourth-order valence-corrected chi connectivity index (χ4v) is 3.81. The zero-order valence-electron chi connectivity index (χ0n) is 18.3. The molecule has 2 aromatic carbocycles. The van der Waals surface area contributed by atoms with Crippen molar-refractivity contribution in [3.05, 3.63) is 65.5 Å². The Kier molecular flexibility index (Phi) is 6.28. The molecule has 0 bridgehead atoms. The number of ketones is 1. The van der Waals surface area contributed by atoms with E-state index in [0.29, 0.717) is 24.5 Å². The van der Waals surface area contributed by atoms with Crippen LogP contribution in [0.1, 0.15) is 21.7 Å². The number of aryl methyl sites for hydroxylation is 1. The number of para-hydroxylation sites is 1. The Bertz CT molecular complexity index is 1280. The highest BCUT2D eigenvalue weighted by molar-refractivity contribution is 6.05. The quantitative estimate of drug-likeness (QED) is 0.285.